The minimum Gasteiger partial charge on any atom is -0.351 e. The van der Waals surface area contributed by atoms with Crippen molar-refractivity contribution < 1.29 is 0 Å². The molecule has 0 aliphatic rings. The maximum absolute atomic E-state index is 3.45. The van der Waals surface area contributed by atoms with E-state index in [-0.39, 0.29) is 0 Å². The maximum Gasteiger partial charge on any atom is 0.0384 e. The van der Waals surface area contributed by atoms with Crippen molar-refractivity contribution in [2.45, 2.75) is 13.8 Å². The first-order valence-electron chi connectivity index (χ1n) is 2.91. The predicted molar refractivity (Wildman–Crippen MR) is 42.6 cm³/mol. The summed E-state index contributed by atoms with van der Waals surface area (Å²) >= 11 is 3.45. The van der Waals surface area contributed by atoms with Crippen LogP contribution in [-0.4, -0.2) is 4.57 Å². The number of rotatable bonds is 0. The quantitative estimate of drug-likeness (QED) is 0.589. The van der Waals surface area contributed by atoms with Crippen LogP contribution in [0.2, 0.25) is 0 Å². The third-order valence-corrected chi connectivity index (χ3v) is 2.52. The summed E-state index contributed by atoms with van der Waals surface area (Å²) in [4.78, 5) is 0. The number of nitrogens with zero attached hydrogens (tertiary/aromatic N) is 1. The van der Waals surface area contributed by atoms with Gasteiger partial charge in [0.25, 0.3) is 0 Å². The van der Waals surface area contributed by atoms with E-state index in [0.29, 0.717) is 0 Å². The maximum atomic E-state index is 3.45. The molecular weight excluding hydrogens is 178 g/mol. The van der Waals surface area contributed by atoms with Crippen molar-refractivity contribution in [3.05, 3.63) is 21.9 Å². The van der Waals surface area contributed by atoms with E-state index in [4.69, 9.17) is 0 Å². The minimum atomic E-state index is 1.20. The number of aryl methyl sites for hydroxylation is 1. The summed E-state index contributed by atoms with van der Waals surface area (Å²) in [5.41, 5.74) is 2.58. The Morgan fingerprint density at radius 1 is 1.44 bits per heavy atom. The van der Waals surface area contributed by atoms with E-state index in [1.165, 1.54) is 15.9 Å². The van der Waals surface area contributed by atoms with Crippen LogP contribution in [0, 0.1) is 13.8 Å². The Kier molecular flexibility index (Phi) is 1.66. The van der Waals surface area contributed by atoms with Crippen LogP contribution in [0.1, 0.15) is 11.4 Å². The van der Waals surface area contributed by atoms with Gasteiger partial charge in [0.15, 0.2) is 0 Å². The van der Waals surface area contributed by atoms with Crippen molar-refractivity contribution in [2.24, 2.45) is 7.05 Å². The van der Waals surface area contributed by atoms with E-state index in [1.807, 2.05) is 0 Å². The van der Waals surface area contributed by atoms with E-state index in [1.54, 1.807) is 0 Å². The minimum absolute atomic E-state index is 1.20. The Morgan fingerprint density at radius 2 is 2.00 bits per heavy atom. The van der Waals surface area contributed by atoms with Gasteiger partial charge in [0.05, 0.1) is 0 Å². The fraction of sp³-hybridized carbons (Fsp3) is 0.429. The van der Waals surface area contributed by atoms with Crippen LogP contribution in [-0.2, 0) is 7.05 Å². The first kappa shape index (κ1) is 6.87. The van der Waals surface area contributed by atoms with Gasteiger partial charge in [-0.15, -0.1) is 0 Å². The lowest BCUT2D eigenvalue weighted by atomic mass is 10.5. The molecule has 0 saturated heterocycles. The average Bonchev–Trinajstić information content (AvgIpc) is 1.98. The van der Waals surface area contributed by atoms with E-state index in [9.17, 15) is 0 Å². The van der Waals surface area contributed by atoms with Gasteiger partial charge in [0, 0.05) is 22.9 Å². The van der Waals surface area contributed by atoms with E-state index < -0.39 is 0 Å². The summed E-state index contributed by atoms with van der Waals surface area (Å²) < 4.78 is 3.35. The fourth-order valence-corrected chi connectivity index (χ4v) is 1.41. The summed E-state index contributed by atoms with van der Waals surface area (Å²) in [6.07, 6.45) is 0. The highest BCUT2D eigenvalue weighted by atomic mass is 79.9. The number of hydrogen-bond donors (Lipinski definition) is 0. The van der Waals surface area contributed by atoms with Gasteiger partial charge in [-0.1, -0.05) is 0 Å². The van der Waals surface area contributed by atoms with Gasteiger partial charge in [-0.25, -0.2) is 0 Å². The summed E-state index contributed by atoms with van der Waals surface area (Å²) in [6, 6.07) is 2.12. The summed E-state index contributed by atoms with van der Waals surface area (Å²) in [5, 5.41) is 0. The van der Waals surface area contributed by atoms with E-state index in [2.05, 4.69) is 47.5 Å². The van der Waals surface area contributed by atoms with Gasteiger partial charge in [0.1, 0.15) is 0 Å². The molecule has 0 saturated carbocycles. The molecule has 0 unspecified atom stereocenters. The zero-order chi connectivity index (χ0) is 7.02. The Balaban J connectivity index is 3.29. The Bertz CT molecular complexity index is 203. The van der Waals surface area contributed by atoms with Gasteiger partial charge in [-0.2, -0.15) is 0 Å². The summed E-state index contributed by atoms with van der Waals surface area (Å²) in [7, 11) is 2.06. The molecule has 1 aromatic rings. The van der Waals surface area contributed by atoms with Crippen molar-refractivity contribution in [2.75, 3.05) is 0 Å². The molecule has 1 rings (SSSR count). The van der Waals surface area contributed by atoms with Gasteiger partial charge in [-0.3, -0.25) is 0 Å². The van der Waals surface area contributed by atoms with E-state index in [0.717, 1.165) is 0 Å². The van der Waals surface area contributed by atoms with Crippen molar-refractivity contribution in [1.82, 2.24) is 4.57 Å². The van der Waals surface area contributed by atoms with Crippen molar-refractivity contribution in [3.8, 4) is 0 Å². The van der Waals surface area contributed by atoms with Crippen molar-refractivity contribution in [3.63, 3.8) is 0 Å². The molecule has 0 aliphatic carbocycles. The molecule has 2 heteroatoms. The smallest absolute Gasteiger partial charge is 0.0384 e. The first-order valence-corrected chi connectivity index (χ1v) is 3.70. The average molecular weight is 188 g/mol. The van der Waals surface area contributed by atoms with Crippen LogP contribution < -0.4 is 0 Å². The molecule has 0 radical (unpaired) electrons. The zero-order valence-electron chi connectivity index (χ0n) is 5.90. The largest absolute Gasteiger partial charge is 0.351 e. The van der Waals surface area contributed by atoms with Crippen molar-refractivity contribution >= 4 is 15.9 Å². The normalized spacial score (nSPS) is 10.2. The highest BCUT2D eigenvalue weighted by molar-refractivity contribution is 9.10. The lowest BCUT2D eigenvalue weighted by Gasteiger charge is -1.97. The van der Waals surface area contributed by atoms with E-state index >= 15 is 0 Å². The van der Waals surface area contributed by atoms with Crippen LogP contribution in [0.3, 0.4) is 0 Å². The van der Waals surface area contributed by atoms with Gasteiger partial charge in [-0.05, 0) is 35.8 Å². The SMILES string of the molecule is Cc1cc(Br)c(C)n1C. The Hall–Kier alpha value is -0.240. The lowest BCUT2D eigenvalue weighted by molar-refractivity contribution is 0.842. The molecule has 0 aliphatic heterocycles. The fourth-order valence-electron chi connectivity index (χ4n) is 0.809. The molecule has 0 aromatic carbocycles. The van der Waals surface area contributed by atoms with Gasteiger partial charge >= 0.3 is 0 Å². The van der Waals surface area contributed by atoms with Crippen molar-refractivity contribution in [1.29, 1.82) is 0 Å². The molecule has 0 bridgehead atoms. The van der Waals surface area contributed by atoms with Crippen LogP contribution in [0.5, 0.6) is 0 Å². The topological polar surface area (TPSA) is 4.93 Å². The van der Waals surface area contributed by atoms with Crippen LogP contribution in [0.4, 0.5) is 0 Å². The van der Waals surface area contributed by atoms with Crippen LogP contribution in [0.25, 0.3) is 0 Å². The highest BCUT2D eigenvalue weighted by Crippen LogP contribution is 2.18. The monoisotopic (exact) mass is 187 g/mol. The second-order valence-electron chi connectivity index (χ2n) is 2.28. The molecule has 0 spiro atoms. The second-order valence-corrected chi connectivity index (χ2v) is 3.13. The first-order chi connectivity index (χ1) is 4.13. The van der Waals surface area contributed by atoms with Crippen LogP contribution >= 0.6 is 15.9 Å². The third kappa shape index (κ3) is 1.04. The molecule has 9 heavy (non-hydrogen) atoms. The highest BCUT2D eigenvalue weighted by Gasteiger charge is 2.00. The Labute approximate surface area is 63.8 Å². The molecule has 50 valence electrons. The van der Waals surface area contributed by atoms with Crippen LogP contribution in [0.15, 0.2) is 10.5 Å². The number of halogens is 1. The van der Waals surface area contributed by atoms with Gasteiger partial charge in [0.2, 0.25) is 0 Å². The Morgan fingerprint density at radius 3 is 2.11 bits per heavy atom. The number of aromatic nitrogens is 1. The molecule has 0 N–H and O–H groups in total. The molecule has 0 fully saturated rings. The molecule has 1 heterocycles. The molecule has 0 atom stereocenters. The lowest BCUT2D eigenvalue weighted by Crippen LogP contribution is -1.91. The molecule has 1 nitrogen and oxygen atoms in total. The third-order valence-electron chi connectivity index (χ3n) is 1.71. The summed E-state index contributed by atoms with van der Waals surface area (Å²) in [6.45, 7) is 4.19. The molecular formula is C7H10BrN. The second kappa shape index (κ2) is 2.18. The predicted octanol–water partition coefficient (Wildman–Crippen LogP) is 2.40. The van der Waals surface area contributed by atoms with Gasteiger partial charge < -0.3 is 4.57 Å². The molecule has 0 amide bonds. The zero-order valence-corrected chi connectivity index (χ0v) is 7.49. The summed E-state index contributed by atoms with van der Waals surface area (Å²) in [5.74, 6) is 0. The molecule has 1 aromatic heterocycles. The number of hydrogen-bond acceptors (Lipinski definition) is 0. The standard InChI is InChI=1S/C7H10BrN/c1-5-4-7(8)6(2)9(5)3/h4H,1-3H3.